The van der Waals surface area contributed by atoms with Crippen LogP contribution in [0, 0.1) is 5.92 Å². The molecule has 90 valence electrons. The Bertz CT molecular complexity index is 340. The van der Waals surface area contributed by atoms with Crippen molar-refractivity contribution in [3.63, 3.8) is 0 Å². The van der Waals surface area contributed by atoms with Gasteiger partial charge in [-0.15, -0.1) is 11.6 Å². The van der Waals surface area contributed by atoms with Crippen molar-refractivity contribution in [3.8, 4) is 0 Å². The molecule has 1 unspecified atom stereocenters. The van der Waals surface area contributed by atoms with Crippen LogP contribution in [0.25, 0.3) is 0 Å². The third kappa shape index (κ3) is 2.66. The van der Waals surface area contributed by atoms with Crippen LogP contribution in [-0.4, -0.2) is 28.3 Å². The van der Waals surface area contributed by atoms with E-state index in [-0.39, 0.29) is 0 Å². The van der Waals surface area contributed by atoms with Crippen LogP contribution in [0.15, 0.2) is 0 Å². The lowest BCUT2D eigenvalue weighted by atomic mass is 10.1. The minimum absolute atomic E-state index is 0.422. The zero-order valence-electron chi connectivity index (χ0n) is 9.82. The normalized spacial score (nSPS) is 21.0. The molecule has 1 aromatic heterocycles. The summed E-state index contributed by atoms with van der Waals surface area (Å²) < 4.78 is 4.39. The van der Waals surface area contributed by atoms with E-state index in [0.717, 1.165) is 42.3 Å². The SMILES string of the molecule is CC(C)c1nsc(N2CCC(CCCl)C2)n1. The second kappa shape index (κ2) is 5.32. The molecule has 0 aromatic carbocycles. The molecule has 0 saturated carbocycles. The van der Waals surface area contributed by atoms with Crippen LogP contribution in [0.2, 0.25) is 0 Å². The molecule has 1 saturated heterocycles. The van der Waals surface area contributed by atoms with E-state index in [1.165, 1.54) is 18.0 Å². The van der Waals surface area contributed by atoms with Gasteiger partial charge in [-0.2, -0.15) is 4.37 Å². The number of aromatic nitrogens is 2. The number of halogens is 1. The Morgan fingerprint density at radius 3 is 3.00 bits per heavy atom. The highest BCUT2D eigenvalue weighted by molar-refractivity contribution is 7.09. The van der Waals surface area contributed by atoms with E-state index in [1.807, 2.05) is 0 Å². The van der Waals surface area contributed by atoms with Crippen molar-refractivity contribution in [3.05, 3.63) is 5.82 Å². The minimum atomic E-state index is 0.422. The van der Waals surface area contributed by atoms with Crippen molar-refractivity contribution in [2.24, 2.45) is 5.92 Å². The predicted octanol–water partition coefficient (Wildman–Crippen LogP) is 3.12. The van der Waals surface area contributed by atoms with Gasteiger partial charge in [0.25, 0.3) is 0 Å². The molecule has 1 fully saturated rings. The van der Waals surface area contributed by atoms with Crippen LogP contribution in [0.4, 0.5) is 5.13 Å². The number of hydrogen-bond donors (Lipinski definition) is 0. The Kier molecular flexibility index (Phi) is 4.03. The summed E-state index contributed by atoms with van der Waals surface area (Å²) in [6.07, 6.45) is 2.36. The van der Waals surface area contributed by atoms with Gasteiger partial charge in [-0.25, -0.2) is 4.98 Å². The minimum Gasteiger partial charge on any atom is -0.347 e. The lowest BCUT2D eigenvalue weighted by Gasteiger charge is -2.13. The molecule has 2 heterocycles. The monoisotopic (exact) mass is 259 g/mol. The van der Waals surface area contributed by atoms with Crippen LogP contribution in [-0.2, 0) is 0 Å². The van der Waals surface area contributed by atoms with Crippen LogP contribution >= 0.6 is 23.1 Å². The van der Waals surface area contributed by atoms with Crippen molar-refractivity contribution < 1.29 is 0 Å². The van der Waals surface area contributed by atoms with E-state index in [2.05, 4.69) is 28.1 Å². The molecule has 5 heteroatoms. The van der Waals surface area contributed by atoms with Gasteiger partial charge < -0.3 is 4.90 Å². The second-order valence-corrected chi connectivity index (χ2v) is 5.78. The number of anilines is 1. The molecular weight excluding hydrogens is 242 g/mol. The van der Waals surface area contributed by atoms with Crippen molar-refractivity contribution in [2.45, 2.75) is 32.6 Å². The van der Waals surface area contributed by atoms with Gasteiger partial charge in [0.05, 0.1) is 0 Å². The molecule has 0 aliphatic carbocycles. The summed E-state index contributed by atoms with van der Waals surface area (Å²) in [4.78, 5) is 6.93. The smallest absolute Gasteiger partial charge is 0.205 e. The fraction of sp³-hybridized carbons (Fsp3) is 0.818. The summed E-state index contributed by atoms with van der Waals surface area (Å²) in [7, 11) is 0. The first-order chi connectivity index (χ1) is 7.70. The Morgan fingerprint density at radius 2 is 2.38 bits per heavy atom. The molecular formula is C11H18ClN3S. The largest absolute Gasteiger partial charge is 0.347 e. The van der Waals surface area contributed by atoms with E-state index in [4.69, 9.17) is 11.6 Å². The molecule has 1 aromatic rings. The van der Waals surface area contributed by atoms with Crippen molar-refractivity contribution >= 4 is 28.3 Å². The van der Waals surface area contributed by atoms with Gasteiger partial charge in [0.1, 0.15) is 5.82 Å². The fourth-order valence-corrected chi connectivity index (χ4v) is 3.14. The second-order valence-electron chi connectivity index (χ2n) is 4.67. The summed E-state index contributed by atoms with van der Waals surface area (Å²) in [5.41, 5.74) is 0. The average Bonchev–Trinajstić information content (AvgIpc) is 2.84. The van der Waals surface area contributed by atoms with Gasteiger partial charge in [0, 0.05) is 36.4 Å². The van der Waals surface area contributed by atoms with Crippen LogP contribution in [0.1, 0.15) is 38.4 Å². The molecule has 1 aliphatic heterocycles. The van der Waals surface area contributed by atoms with Gasteiger partial charge in [-0.05, 0) is 18.8 Å². The van der Waals surface area contributed by atoms with E-state index in [1.54, 1.807) is 0 Å². The Labute approximate surface area is 106 Å². The molecule has 1 atom stereocenters. The first kappa shape index (κ1) is 12.1. The molecule has 0 spiro atoms. The van der Waals surface area contributed by atoms with Crippen LogP contribution in [0.5, 0.6) is 0 Å². The Balaban J connectivity index is 1.97. The molecule has 0 N–H and O–H groups in total. The van der Waals surface area contributed by atoms with Gasteiger partial charge in [-0.1, -0.05) is 13.8 Å². The van der Waals surface area contributed by atoms with Crippen molar-refractivity contribution in [1.82, 2.24) is 9.36 Å². The maximum atomic E-state index is 5.78. The Morgan fingerprint density at radius 1 is 1.56 bits per heavy atom. The summed E-state index contributed by atoms with van der Waals surface area (Å²) in [6, 6.07) is 0. The number of hydrogen-bond acceptors (Lipinski definition) is 4. The van der Waals surface area contributed by atoms with Gasteiger partial charge in [0.15, 0.2) is 0 Å². The van der Waals surface area contributed by atoms with Crippen LogP contribution < -0.4 is 4.90 Å². The fourth-order valence-electron chi connectivity index (χ4n) is 1.99. The number of rotatable bonds is 4. The van der Waals surface area contributed by atoms with Gasteiger partial charge in [-0.3, -0.25) is 0 Å². The molecule has 3 nitrogen and oxygen atoms in total. The quantitative estimate of drug-likeness (QED) is 0.778. The highest BCUT2D eigenvalue weighted by atomic mass is 35.5. The first-order valence-corrected chi connectivity index (χ1v) is 7.16. The summed E-state index contributed by atoms with van der Waals surface area (Å²) in [6.45, 7) is 6.46. The summed E-state index contributed by atoms with van der Waals surface area (Å²) in [5.74, 6) is 2.90. The number of alkyl halides is 1. The maximum Gasteiger partial charge on any atom is 0.205 e. The molecule has 0 amide bonds. The molecule has 0 radical (unpaired) electrons. The van der Waals surface area contributed by atoms with Crippen LogP contribution in [0.3, 0.4) is 0 Å². The molecule has 16 heavy (non-hydrogen) atoms. The summed E-state index contributed by atoms with van der Waals surface area (Å²) in [5, 5.41) is 1.08. The predicted molar refractivity (Wildman–Crippen MR) is 69.7 cm³/mol. The molecule has 0 bridgehead atoms. The van der Waals surface area contributed by atoms with Crippen molar-refractivity contribution in [1.29, 1.82) is 0 Å². The first-order valence-electron chi connectivity index (χ1n) is 5.85. The van der Waals surface area contributed by atoms with Gasteiger partial charge in [0.2, 0.25) is 5.13 Å². The lowest BCUT2D eigenvalue weighted by Crippen LogP contribution is -2.19. The van der Waals surface area contributed by atoms with E-state index >= 15 is 0 Å². The zero-order chi connectivity index (χ0) is 11.5. The maximum absolute atomic E-state index is 5.78. The van der Waals surface area contributed by atoms with E-state index < -0.39 is 0 Å². The molecule has 2 rings (SSSR count). The topological polar surface area (TPSA) is 29.0 Å². The number of nitrogens with zero attached hydrogens (tertiary/aromatic N) is 3. The lowest BCUT2D eigenvalue weighted by molar-refractivity contribution is 0.572. The highest BCUT2D eigenvalue weighted by Crippen LogP contribution is 2.28. The third-order valence-electron chi connectivity index (χ3n) is 3.02. The summed E-state index contributed by atoms with van der Waals surface area (Å²) >= 11 is 7.30. The van der Waals surface area contributed by atoms with E-state index in [0.29, 0.717) is 5.92 Å². The third-order valence-corrected chi connectivity index (χ3v) is 4.03. The standard InChI is InChI=1S/C11H18ClN3S/c1-8(2)10-13-11(16-14-10)15-6-4-9(7-15)3-5-12/h8-9H,3-7H2,1-2H3. The average molecular weight is 260 g/mol. The van der Waals surface area contributed by atoms with Gasteiger partial charge >= 0.3 is 0 Å². The highest BCUT2D eigenvalue weighted by Gasteiger charge is 2.24. The Hall–Kier alpha value is -0.350. The van der Waals surface area contributed by atoms with E-state index in [9.17, 15) is 0 Å². The van der Waals surface area contributed by atoms with Crippen molar-refractivity contribution in [2.75, 3.05) is 23.9 Å². The molecule has 1 aliphatic rings. The zero-order valence-corrected chi connectivity index (χ0v) is 11.4.